The Balaban J connectivity index is 2.21. The summed E-state index contributed by atoms with van der Waals surface area (Å²) < 4.78 is 1.01. The molecule has 0 aliphatic carbocycles. The van der Waals surface area contributed by atoms with Crippen molar-refractivity contribution < 1.29 is 0 Å². The molecule has 0 saturated heterocycles. The molecule has 5 heteroatoms. The summed E-state index contributed by atoms with van der Waals surface area (Å²) in [5, 5.41) is 3.14. The maximum Gasteiger partial charge on any atom is 0.163 e. The molecule has 3 aromatic rings. The lowest BCUT2D eigenvalue weighted by molar-refractivity contribution is 1.15. The Morgan fingerprint density at radius 2 is 1.71 bits per heavy atom. The van der Waals surface area contributed by atoms with Gasteiger partial charge in [0, 0.05) is 30.6 Å². The van der Waals surface area contributed by atoms with Gasteiger partial charge in [-0.1, -0.05) is 30.3 Å². The van der Waals surface area contributed by atoms with Crippen molar-refractivity contribution in [2.45, 2.75) is 0 Å². The number of aromatic nitrogens is 3. The quantitative estimate of drug-likeness (QED) is 0.693. The summed E-state index contributed by atoms with van der Waals surface area (Å²) >= 11 is 2.28. The minimum absolute atomic E-state index is 0.673. The SMILES string of the molecule is CNc1nc(-c2cccnc2)nc(-c2ccccc2)c1I. The van der Waals surface area contributed by atoms with Crippen molar-refractivity contribution in [3.05, 3.63) is 58.4 Å². The van der Waals surface area contributed by atoms with Gasteiger partial charge in [-0.05, 0) is 34.7 Å². The molecule has 3 rings (SSSR count). The van der Waals surface area contributed by atoms with Crippen molar-refractivity contribution in [1.29, 1.82) is 0 Å². The fraction of sp³-hybridized carbons (Fsp3) is 0.0625. The van der Waals surface area contributed by atoms with E-state index < -0.39 is 0 Å². The van der Waals surface area contributed by atoms with Crippen molar-refractivity contribution in [3.63, 3.8) is 0 Å². The standard InChI is InChI=1S/C16H13IN4/c1-18-16-13(17)14(11-6-3-2-4-7-11)20-15(21-16)12-8-5-9-19-10-12/h2-10H,1H3,(H,18,20,21). The Kier molecular flexibility index (Phi) is 4.10. The number of anilines is 1. The summed E-state index contributed by atoms with van der Waals surface area (Å²) in [6, 6.07) is 14.0. The van der Waals surface area contributed by atoms with Crippen molar-refractivity contribution in [2.75, 3.05) is 12.4 Å². The molecular formula is C16H13IN4. The van der Waals surface area contributed by atoms with Crippen LogP contribution in [0, 0.1) is 3.57 Å². The molecule has 1 aromatic carbocycles. The molecule has 0 fully saturated rings. The zero-order chi connectivity index (χ0) is 14.7. The molecule has 0 bridgehead atoms. The van der Waals surface area contributed by atoms with Crippen molar-refractivity contribution in [3.8, 4) is 22.6 Å². The minimum Gasteiger partial charge on any atom is -0.372 e. The highest BCUT2D eigenvalue weighted by Gasteiger charge is 2.14. The van der Waals surface area contributed by atoms with E-state index in [1.165, 1.54) is 0 Å². The van der Waals surface area contributed by atoms with Gasteiger partial charge in [-0.25, -0.2) is 9.97 Å². The summed E-state index contributed by atoms with van der Waals surface area (Å²) in [6.07, 6.45) is 3.52. The molecule has 0 radical (unpaired) electrons. The van der Waals surface area contributed by atoms with Gasteiger partial charge in [-0.3, -0.25) is 4.98 Å². The van der Waals surface area contributed by atoms with E-state index in [1.807, 2.05) is 37.4 Å². The van der Waals surface area contributed by atoms with Gasteiger partial charge in [-0.15, -0.1) is 0 Å². The predicted molar refractivity (Wildman–Crippen MR) is 93.0 cm³/mol. The second-order valence-corrected chi connectivity index (χ2v) is 5.49. The van der Waals surface area contributed by atoms with E-state index in [2.05, 4.69) is 50.0 Å². The number of nitrogens with one attached hydrogen (secondary N) is 1. The van der Waals surface area contributed by atoms with Crippen LogP contribution in [0.15, 0.2) is 54.9 Å². The number of benzene rings is 1. The van der Waals surface area contributed by atoms with Crippen molar-refractivity contribution in [1.82, 2.24) is 15.0 Å². The topological polar surface area (TPSA) is 50.7 Å². The fourth-order valence-electron chi connectivity index (χ4n) is 2.02. The molecule has 0 saturated carbocycles. The summed E-state index contributed by atoms with van der Waals surface area (Å²) in [6.45, 7) is 0. The van der Waals surface area contributed by atoms with E-state index in [9.17, 15) is 0 Å². The van der Waals surface area contributed by atoms with Gasteiger partial charge >= 0.3 is 0 Å². The molecule has 0 spiro atoms. The molecule has 1 N–H and O–H groups in total. The molecule has 0 unspecified atom stereocenters. The average Bonchev–Trinajstić information content (AvgIpc) is 2.56. The number of hydrogen-bond acceptors (Lipinski definition) is 4. The molecule has 2 heterocycles. The number of hydrogen-bond donors (Lipinski definition) is 1. The number of rotatable bonds is 3. The van der Waals surface area contributed by atoms with E-state index in [-0.39, 0.29) is 0 Å². The molecule has 4 nitrogen and oxygen atoms in total. The van der Waals surface area contributed by atoms with Gasteiger partial charge < -0.3 is 5.32 Å². The fourth-order valence-corrected chi connectivity index (χ4v) is 2.85. The molecule has 104 valence electrons. The monoisotopic (exact) mass is 388 g/mol. The third-order valence-electron chi connectivity index (χ3n) is 3.05. The van der Waals surface area contributed by atoms with Crippen LogP contribution in [-0.4, -0.2) is 22.0 Å². The van der Waals surface area contributed by atoms with E-state index in [0.29, 0.717) is 5.82 Å². The Labute approximate surface area is 136 Å². The van der Waals surface area contributed by atoms with Crippen LogP contribution in [0.1, 0.15) is 0 Å². The first-order chi connectivity index (χ1) is 10.3. The molecule has 2 aromatic heterocycles. The number of pyridine rings is 1. The first-order valence-corrected chi connectivity index (χ1v) is 7.58. The second kappa shape index (κ2) is 6.17. The summed E-state index contributed by atoms with van der Waals surface area (Å²) in [7, 11) is 1.87. The Hall–Kier alpha value is -2.02. The zero-order valence-corrected chi connectivity index (χ0v) is 13.6. The van der Waals surface area contributed by atoms with Crippen molar-refractivity contribution in [2.24, 2.45) is 0 Å². The summed E-state index contributed by atoms with van der Waals surface area (Å²) in [4.78, 5) is 13.4. The van der Waals surface area contributed by atoms with Gasteiger partial charge in [0.05, 0.1) is 9.26 Å². The normalized spacial score (nSPS) is 10.4. The van der Waals surface area contributed by atoms with Crippen LogP contribution in [0.3, 0.4) is 0 Å². The third-order valence-corrected chi connectivity index (χ3v) is 4.08. The van der Waals surface area contributed by atoms with E-state index in [4.69, 9.17) is 4.98 Å². The number of nitrogens with zero attached hydrogens (tertiary/aromatic N) is 3. The minimum atomic E-state index is 0.673. The lowest BCUT2D eigenvalue weighted by Gasteiger charge is -2.11. The van der Waals surface area contributed by atoms with Crippen LogP contribution < -0.4 is 5.32 Å². The Morgan fingerprint density at radius 1 is 0.952 bits per heavy atom. The van der Waals surface area contributed by atoms with Crippen LogP contribution >= 0.6 is 22.6 Å². The van der Waals surface area contributed by atoms with Crippen LogP contribution in [-0.2, 0) is 0 Å². The maximum absolute atomic E-state index is 4.72. The van der Waals surface area contributed by atoms with Gasteiger partial charge in [-0.2, -0.15) is 0 Å². The highest BCUT2D eigenvalue weighted by molar-refractivity contribution is 14.1. The molecular weight excluding hydrogens is 375 g/mol. The highest BCUT2D eigenvalue weighted by atomic mass is 127. The van der Waals surface area contributed by atoms with Gasteiger partial charge in [0.25, 0.3) is 0 Å². The zero-order valence-electron chi connectivity index (χ0n) is 11.4. The van der Waals surface area contributed by atoms with Crippen LogP contribution in [0.4, 0.5) is 5.82 Å². The van der Waals surface area contributed by atoms with E-state index in [1.54, 1.807) is 12.4 Å². The molecule has 21 heavy (non-hydrogen) atoms. The predicted octanol–water partition coefficient (Wildman–Crippen LogP) is 3.85. The first-order valence-electron chi connectivity index (χ1n) is 6.50. The van der Waals surface area contributed by atoms with Crippen LogP contribution in [0.5, 0.6) is 0 Å². The first kappa shape index (κ1) is 13.9. The third kappa shape index (κ3) is 2.87. The summed E-state index contributed by atoms with van der Waals surface area (Å²) in [5.74, 6) is 1.50. The molecule has 0 aliphatic rings. The van der Waals surface area contributed by atoms with Gasteiger partial charge in [0.1, 0.15) is 5.82 Å². The van der Waals surface area contributed by atoms with E-state index >= 15 is 0 Å². The lowest BCUT2D eigenvalue weighted by Crippen LogP contribution is -2.03. The van der Waals surface area contributed by atoms with Gasteiger partial charge in [0.2, 0.25) is 0 Å². The Morgan fingerprint density at radius 3 is 2.38 bits per heavy atom. The van der Waals surface area contributed by atoms with Crippen molar-refractivity contribution >= 4 is 28.4 Å². The lowest BCUT2D eigenvalue weighted by atomic mass is 10.1. The molecule has 0 amide bonds. The highest BCUT2D eigenvalue weighted by Crippen LogP contribution is 2.30. The Bertz CT molecular complexity index is 745. The average molecular weight is 388 g/mol. The van der Waals surface area contributed by atoms with E-state index in [0.717, 1.165) is 26.2 Å². The second-order valence-electron chi connectivity index (χ2n) is 4.42. The largest absolute Gasteiger partial charge is 0.372 e. The molecule has 0 atom stereocenters. The smallest absolute Gasteiger partial charge is 0.163 e. The number of halogens is 1. The van der Waals surface area contributed by atoms with Gasteiger partial charge in [0.15, 0.2) is 5.82 Å². The van der Waals surface area contributed by atoms with Crippen LogP contribution in [0.25, 0.3) is 22.6 Å². The maximum atomic E-state index is 4.72. The summed E-state index contributed by atoms with van der Waals surface area (Å²) in [5.41, 5.74) is 2.91. The molecule has 0 aliphatic heterocycles. The van der Waals surface area contributed by atoms with Crippen LogP contribution in [0.2, 0.25) is 0 Å².